The number of nitrogens with one attached hydrogen (secondary N) is 1. The summed E-state index contributed by atoms with van der Waals surface area (Å²) >= 11 is 0. The lowest BCUT2D eigenvalue weighted by molar-refractivity contribution is -0.126. The molecule has 174 valence electrons. The number of carbonyl (C=O) groups excluding carboxylic acids is 1. The van der Waals surface area contributed by atoms with Crippen LogP contribution in [0.2, 0.25) is 0 Å². The van der Waals surface area contributed by atoms with Gasteiger partial charge in [-0.25, -0.2) is 0 Å². The molecular formula is C26H32N4O3. The van der Waals surface area contributed by atoms with Crippen molar-refractivity contribution < 1.29 is 14.1 Å². The van der Waals surface area contributed by atoms with Gasteiger partial charge in [-0.3, -0.25) is 9.69 Å². The van der Waals surface area contributed by atoms with Gasteiger partial charge in [0.15, 0.2) is 0 Å². The zero-order valence-corrected chi connectivity index (χ0v) is 19.4. The number of amides is 1. The number of carbonyl (C=O) groups is 1. The van der Waals surface area contributed by atoms with Crippen molar-refractivity contribution >= 4 is 5.91 Å². The van der Waals surface area contributed by atoms with E-state index in [0.717, 1.165) is 49.1 Å². The van der Waals surface area contributed by atoms with Crippen LogP contribution in [0, 0.1) is 12.8 Å². The van der Waals surface area contributed by atoms with E-state index < -0.39 is 0 Å². The van der Waals surface area contributed by atoms with Gasteiger partial charge in [-0.1, -0.05) is 47.6 Å². The number of rotatable bonds is 9. The van der Waals surface area contributed by atoms with Gasteiger partial charge in [-0.05, 0) is 56.3 Å². The third kappa shape index (κ3) is 5.99. The SMILES string of the molecule is COc1ccccc1CCCNC(=O)C1CCCN(Cc2nc(-c3ccccc3C)no2)C1. The summed E-state index contributed by atoms with van der Waals surface area (Å²) < 4.78 is 10.9. The van der Waals surface area contributed by atoms with Crippen molar-refractivity contribution in [1.82, 2.24) is 20.4 Å². The van der Waals surface area contributed by atoms with E-state index in [4.69, 9.17) is 9.26 Å². The minimum Gasteiger partial charge on any atom is -0.496 e. The number of ether oxygens (including phenoxy) is 1. The molecule has 2 heterocycles. The topological polar surface area (TPSA) is 80.5 Å². The summed E-state index contributed by atoms with van der Waals surface area (Å²) in [4.78, 5) is 19.6. The van der Waals surface area contributed by atoms with Gasteiger partial charge in [0, 0.05) is 18.7 Å². The fourth-order valence-corrected chi connectivity index (χ4v) is 4.40. The second kappa shape index (κ2) is 11.1. The molecule has 1 amide bonds. The molecule has 1 saturated heterocycles. The molecule has 0 aliphatic carbocycles. The summed E-state index contributed by atoms with van der Waals surface area (Å²) in [5.74, 6) is 2.23. The maximum Gasteiger partial charge on any atom is 0.241 e. The van der Waals surface area contributed by atoms with Crippen LogP contribution >= 0.6 is 0 Å². The average molecular weight is 449 g/mol. The van der Waals surface area contributed by atoms with Crippen molar-refractivity contribution in [2.24, 2.45) is 5.92 Å². The summed E-state index contributed by atoms with van der Waals surface area (Å²) in [5, 5.41) is 7.27. The van der Waals surface area contributed by atoms with Crippen molar-refractivity contribution in [3.8, 4) is 17.1 Å². The van der Waals surface area contributed by atoms with Crippen molar-refractivity contribution in [3.05, 3.63) is 65.5 Å². The van der Waals surface area contributed by atoms with Crippen molar-refractivity contribution in [1.29, 1.82) is 0 Å². The first-order valence-electron chi connectivity index (χ1n) is 11.6. The van der Waals surface area contributed by atoms with Crippen LogP contribution in [0.5, 0.6) is 5.75 Å². The first kappa shape index (κ1) is 23.0. The molecule has 1 N–H and O–H groups in total. The predicted molar refractivity (Wildman–Crippen MR) is 127 cm³/mol. The van der Waals surface area contributed by atoms with Crippen LogP contribution in [0.15, 0.2) is 53.1 Å². The van der Waals surface area contributed by atoms with Crippen molar-refractivity contribution in [2.45, 2.75) is 39.2 Å². The van der Waals surface area contributed by atoms with E-state index in [0.29, 0.717) is 31.3 Å². The van der Waals surface area contributed by atoms with E-state index in [9.17, 15) is 4.79 Å². The number of nitrogens with zero attached hydrogens (tertiary/aromatic N) is 3. The zero-order chi connectivity index (χ0) is 23.0. The van der Waals surface area contributed by atoms with Gasteiger partial charge in [-0.15, -0.1) is 0 Å². The number of hydrogen-bond acceptors (Lipinski definition) is 6. The van der Waals surface area contributed by atoms with Crippen LogP contribution in [0.4, 0.5) is 0 Å². The Balaban J connectivity index is 1.24. The van der Waals surface area contributed by atoms with E-state index in [1.54, 1.807) is 7.11 Å². The van der Waals surface area contributed by atoms with Gasteiger partial charge in [0.1, 0.15) is 5.75 Å². The fourth-order valence-electron chi connectivity index (χ4n) is 4.40. The number of benzene rings is 2. The number of para-hydroxylation sites is 1. The number of aromatic nitrogens is 2. The van der Waals surface area contributed by atoms with Crippen LogP contribution in [0.25, 0.3) is 11.4 Å². The normalized spacial score (nSPS) is 16.5. The molecule has 1 aliphatic heterocycles. The molecular weight excluding hydrogens is 416 g/mol. The Hall–Kier alpha value is -3.19. The first-order valence-corrected chi connectivity index (χ1v) is 11.6. The minimum absolute atomic E-state index is 0.0104. The van der Waals surface area contributed by atoms with E-state index in [2.05, 4.69) is 26.4 Å². The number of piperidine rings is 1. The summed E-state index contributed by atoms with van der Waals surface area (Å²) in [6.07, 6.45) is 3.65. The highest BCUT2D eigenvalue weighted by Gasteiger charge is 2.26. The minimum atomic E-state index is -0.0104. The maximum absolute atomic E-state index is 12.7. The van der Waals surface area contributed by atoms with Gasteiger partial charge in [0.25, 0.3) is 0 Å². The van der Waals surface area contributed by atoms with Crippen LogP contribution < -0.4 is 10.1 Å². The summed E-state index contributed by atoms with van der Waals surface area (Å²) in [5.41, 5.74) is 3.27. The molecule has 7 heteroatoms. The second-order valence-electron chi connectivity index (χ2n) is 8.61. The molecule has 4 rings (SSSR count). The Morgan fingerprint density at radius 2 is 2.03 bits per heavy atom. The summed E-state index contributed by atoms with van der Waals surface area (Å²) in [6, 6.07) is 16.0. The number of aryl methyl sites for hydroxylation is 2. The van der Waals surface area contributed by atoms with Crippen LogP contribution in [0.3, 0.4) is 0 Å². The molecule has 0 bridgehead atoms. The Morgan fingerprint density at radius 3 is 2.88 bits per heavy atom. The van der Waals surface area contributed by atoms with E-state index >= 15 is 0 Å². The quantitative estimate of drug-likeness (QED) is 0.498. The fraction of sp³-hybridized carbons (Fsp3) is 0.423. The van der Waals surface area contributed by atoms with Gasteiger partial charge in [-0.2, -0.15) is 4.98 Å². The lowest BCUT2D eigenvalue weighted by Crippen LogP contribution is -2.43. The van der Waals surface area contributed by atoms with E-state index in [1.165, 1.54) is 5.56 Å². The molecule has 1 aromatic heterocycles. The van der Waals surface area contributed by atoms with Gasteiger partial charge >= 0.3 is 0 Å². The molecule has 0 spiro atoms. The smallest absolute Gasteiger partial charge is 0.241 e. The van der Waals surface area contributed by atoms with Crippen molar-refractivity contribution in [3.63, 3.8) is 0 Å². The first-order chi connectivity index (χ1) is 16.1. The lowest BCUT2D eigenvalue weighted by atomic mass is 9.97. The molecule has 1 unspecified atom stereocenters. The number of likely N-dealkylation sites (tertiary alicyclic amines) is 1. The summed E-state index contributed by atoms with van der Waals surface area (Å²) in [6.45, 7) is 4.91. The summed E-state index contributed by atoms with van der Waals surface area (Å²) in [7, 11) is 1.69. The second-order valence-corrected chi connectivity index (χ2v) is 8.61. The molecule has 0 radical (unpaired) electrons. The van der Waals surface area contributed by atoms with Gasteiger partial charge in [0.05, 0.1) is 19.6 Å². The lowest BCUT2D eigenvalue weighted by Gasteiger charge is -2.30. The van der Waals surface area contributed by atoms with Crippen LogP contribution in [-0.2, 0) is 17.8 Å². The third-order valence-corrected chi connectivity index (χ3v) is 6.20. The number of hydrogen-bond donors (Lipinski definition) is 1. The molecule has 1 aliphatic rings. The molecule has 2 aromatic carbocycles. The highest BCUT2D eigenvalue weighted by molar-refractivity contribution is 5.78. The molecule has 3 aromatic rings. The van der Waals surface area contributed by atoms with Gasteiger partial charge < -0.3 is 14.6 Å². The largest absolute Gasteiger partial charge is 0.496 e. The highest BCUT2D eigenvalue weighted by atomic mass is 16.5. The average Bonchev–Trinajstić information content (AvgIpc) is 3.30. The predicted octanol–water partition coefficient (Wildman–Crippen LogP) is 4.01. The Morgan fingerprint density at radius 1 is 1.21 bits per heavy atom. The molecule has 1 fully saturated rings. The Bertz CT molecular complexity index is 1060. The molecule has 0 saturated carbocycles. The van der Waals surface area contributed by atoms with Gasteiger partial charge in [0.2, 0.25) is 17.6 Å². The zero-order valence-electron chi connectivity index (χ0n) is 19.4. The number of methoxy groups -OCH3 is 1. The Kier molecular flexibility index (Phi) is 7.73. The highest BCUT2D eigenvalue weighted by Crippen LogP contribution is 2.22. The maximum atomic E-state index is 12.7. The van der Waals surface area contributed by atoms with E-state index in [1.807, 2.05) is 49.4 Å². The van der Waals surface area contributed by atoms with Crippen LogP contribution in [-0.4, -0.2) is 47.7 Å². The molecule has 1 atom stereocenters. The molecule has 7 nitrogen and oxygen atoms in total. The van der Waals surface area contributed by atoms with Crippen LogP contribution in [0.1, 0.15) is 36.3 Å². The standard InChI is InChI=1S/C26H32N4O3/c1-19-9-3-5-13-22(19)25-28-24(33-29-25)18-30-16-8-12-21(17-30)26(31)27-15-7-11-20-10-4-6-14-23(20)32-2/h3-6,9-10,13-14,21H,7-8,11-12,15-18H2,1-2H3,(H,27,31). The van der Waals surface area contributed by atoms with E-state index in [-0.39, 0.29) is 11.8 Å². The van der Waals surface area contributed by atoms with Crippen molar-refractivity contribution in [2.75, 3.05) is 26.7 Å². The Labute approximate surface area is 195 Å². The molecule has 33 heavy (non-hydrogen) atoms. The monoisotopic (exact) mass is 448 g/mol. The third-order valence-electron chi connectivity index (χ3n) is 6.20.